The summed E-state index contributed by atoms with van der Waals surface area (Å²) in [6.45, 7) is 2.13. The molecule has 0 fully saturated rings. The van der Waals surface area contributed by atoms with E-state index in [-0.39, 0.29) is 17.9 Å². The lowest BCUT2D eigenvalue weighted by molar-refractivity contribution is -0.115. The summed E-state index contributed by atoms with van der Waals surface area (Å²) in [4.78, 5) is 26.6. The minimum Gasteiger partial charge on any atom is -0.325 e. The molecule has 1 atom stereocenters. The van der Waals surface area contributed by atoms with Crippen molar-refractivity contribution in [3.05, 3.63) is 53.2 Å². The monoisotopic (exact) mass is 324 g/mol. The van der Waals surface area contributed by atoms with Gasteiger partial charge < -0.3 is 16.4 Å². The molecule has 1 aliphatic rings. The average Bonchev–Trinajstić information content (AvgIpc) is 2.92. The number of rotatable bonds is 5. The average molecular weight is 324 g/mol. The van der Waals surface area contributed by atoms with Crippen LogP contribution in [0.4, 0.5) is 11.5 Å². The molecule has 24 heavy (non-hydrogen) atoms. The van der Waals surface area contributed by atoms with Crippen LogP contribution >= 0.6 is 0 Å². The van der Waals surface area contributed by atoms with Crippen molar-refractivity contribution in [3.63, 3.8) is 0 Å². The molecule has 4 N–H and O–H groups in total. The van der Waals surface area contributed by atoms with Gasteiger partial charge in [0.05, 0.1) is 6.54 Å². The molecule has 1 aromatic heterocycles. The number of nitrogens with zero attached hydrogens (tertiary/aromatic N) is 1. The third-order valence-electron chi connectivity index (χ3n) is 4.49. The Bertz CT molecular complexity index is 790. The van der Waals surface area contributed by atoms with Gasteiger partial charge in [-0.1, -0.05) is 19.1 Å². The minimum absolute atomic E-state index is 0.0365. The number of benzene rings is 1. The largest absolute Gasteiger partial charge is 0.325 e. The second-order valence-electron chi connectivity index (χ2n) is 6.31. The fourth-order valence-electron chi connectivity index (χ4n) is 3.41. The predicted molar refractivity (Wildman–Crippen MR) is 92.8 cm³/mol. The molecule has 1 aromatic carbocycles. The number of pyridine rings is 1. The van der Waals surface area contributed by atoms with Crippen LogP contribution in [-0.2, 0) is 27.8 Å². The zero-order valence-corrected chi connectivity index (χ0v) is 13.5. The Hall–Kier alpha value is -2.73. The van der Waals surface area contributed by atoms with Crippen LogP contribution in [0, 0.1) is 0 Å². The molecule has 0 spiro atoms. The van der Waals surface area contributed by atoms with Crippen LogP contribution in [0.15, 0.2) is 36.5 Å². The maximum absolute atomic E-state index is 11.5. The van der Waals surface area contributed by atoms with Gasteiger partial charge in [0.25, 0.3) is 0 Å². The van der Waals surface area contributed by atoms with Gasteiger partial charge in [0.15, 0.2) is 0 Å². The molecule has 124 valence electrons. The molecule has 0 bridgehead atoms. The third kappa shape index (κ3) is 3.00. The Kier molecular flexibility index (Phi) is 4.31. The maximum atomic E-state index is 11.5. The standard InChI is InChI=1S/C18H20N4O2/c1-18(15-3-2-6-20-17(15)21-11-23)8-12-4-5-14(7-13(12)9-18)22-16(24)10-19/h2-7,11H,8-10,19H2,1H3,(H,22,24)(H,20,21,23). The minimum atomic E-state index is -0.208. The van der Waals surface area contributed by atoms with Crippen LogP contribution < -0.4 is 16.4 Å². The highest BCUT2D eigenvalue weighted by Crippen LogP contribution is 2.42. The number of nitrogens with one attached hydrogen (secondary N) is 2. The molecule has 1 unspecified atom stereocenters. The van der Waals surface area contributed by atoms with Gasteiger partial charge in [-0.05, 0) is 42.2 Å². The van der Waals surface area contributed by atoms with Crippen LogP contribution in [0.3, 0.4) is 0 Å². The third-order valence-corrected chi connectivity index (χ3v) is 4.49. The summed E-state index contributed by atoms with van der Waals surface area (Å²) in [5.41, 5.74) is 9.39. The summed E-state index contributed by atoms with van der Waals surface area (Å²) in [5, 5.41) is 5.47. The van der Waals surface area contributed by atoms with Crippen molar-refractivity contribution in [2.24, 2.45) is 5.73 Å². The zero-order chi connectivity index (χ0) is 17.2. The van der Waals surface area contributed by atoms with Crippen LogP contribution in [-0.4, -0.2) is 23.8 Å². The fraction of sp³-hybridized carbons (Fsp3) is 0.278. The van der Waals surface area contributed by atoms with Crippen molar-refractivity contribution in [2.75, 3.05) is 17.2 Å². The topological polar surface area (TPSA) is 97.1 Å². The van der Waals surface area contributed by atoms with E-state index in [0.717, 1.165) is 24.1 Å². The molecule has 2 amide bonds. The number of nitrogens with two attached hydrogens (primary N) is 1. The molecule has 1 heterocycles. The fourth-order valence-corrected chi connectivity index (χ4v) is 3.41. The van der Waals surface area contributed by atoms with Gasteiger partial charge in [-0.2, -0.15) is 0 Å². The second kappa shape index (κ2) is 6.41. The summed E-state index contributed by atoms with van der Waals surface area (Å²) in [6.07, 6.45) is 3.99. The molecular weight excluding hydrogens is 304 g/mol. The summed E-state index contributed by atoms with van der Waals surface area (Å²) in [5.74, 6) is 0.389. The Morgan fingerprint density at radius 3 is 2.88 bits per heavy atom. The first-order chi connectivity index (χ1) is 11.6. The number of hydrogen-bond acceptors (Lipinski definition) is 4. The number of anilines is 2. The number of fused-ring (bicyclic) bond motifs is 1. The summed E-state index contributed by atoms with van der Waals surface area (Å²) < 4.78 is 0. The number of carbonyl (C=O) groups excluding carboxylic acids is 2. The van der Waals surface area contributed by atoms with Crippen molar-refractivity contribution in [1.29, 1.82) is 0 Å². The second-order valence-corrected chi connectivity index (χ2v) is 6.31. The van der Waals surface area contributed by atoms with E-state index in [1.54, 1.807) is 6.20 Å². The molecule has 6 heteroatoms. The first-order valence-electron chi connectivity index (χ1n) is 7.83. The van der Waals surface area contributed by atoms with Gasteiger partial charge >= 0.3 is 0 Å². The molecule has 1 aliphatic carbocycles. The normalized spacial score (nSPS) is 18.8. The number of hydrogen-bond donors (Lipinski definition) is 3. The van der Waals surface area contributed by atoms with Crippen molar-refractivity contribution >= 4 is 23.8 Å². The highest BCUT2D eigenvalue weighted by Gasteiger charge is 2.36. The van der Waals surface area contributed by atoms with Gasteiger partial charge in [0.2, 0.25) is 12.3 Å². The van der Waals surface area contributed by atoms with Gasteiger partial charge in [-0.25, -0.2) is 4.98 Å². The highest BCUT2D eigenvalue weighted by molar-refractivity contribution is 5.92. The van der Waals surface area contributed by atoms with E-state index in [9.17, 15) is 9.59 Å². The molecule has 0 saturated heterocycles. The summed E-state index contributed by atoms with van der Waals surface area (Å²) in [7, 11) is 0. The molecule has 0 saturated carbocycles. The number of carbonyl (C=O) groups is 2. The quantitative estimate of drug-likeness (QED) is 0.728. The van der Waals surface area contributed by atoms with E-state index < -0.39 is 0 Å². The maximum Gasteiger partial charge on any atom is 0.238 e. The predicted octanol–water partition coefficient (Wildman–Crippen LogP) is 1.60. The highest BCUT2D eigenvalue weighted by atomic mass is 16.1. The van der Waals surface area contributed by atoms with E-state index in [4.69, 9.17) is 5.73 Å². The van der Waals surface area contributed by atoms with Gasteiger partial charge in [-0.15, -0.1) is 0 Å². The smallest absolute Gasteiger partial charge is 0.238 e. The number of amides is 2. The first kappa shape index (κ1) is 16.1. The number of aromatic nitrogens is 1. The van der Waals surface area contributed by atoms with Crippen molar-refractivity contribution < 1.29 is 9.59 Å². The molecule has 2 aromatic rings. The molecular formula is C18H20N4O2. The Labute approximate surface area is 140 Å². The van der Waals surface area contributed by atoms with Crippen LogP contribution in [0.5, 0.6) is 0 Å². The Morgan fingerprint density at radius 1 is 1.33 bits per heavy atom. The van der Waals surface area contributed by atoms with E-state index in [1.807, 2.05) is 30.3 Å². The zero-order valence-electron chi connectivity index (χ0n) is 13.5. The van der Waals surface area contributed by atoms with Gasteiger partial charge in [0, 0.05) is 22.9 Å². The van der Waals surface area contributed by atoms with Crippen LogP contribution in [0.2, 0.25) is 0 Å². The van der Waals surface area contributed by atoms with Crippen molar-refractivity contribution in [1.82, 2.24) is 4.98 Å². The SMILES string of the molecule is CC1(c2cccnc2NC=O)Cc2ccc(NC(=O)CN)cc2C1. The van der Waals surface area contributed by atoms with E-state index >= 15 is 0 Å². The van der Waals surface area contributed by atoms with Gasteiger partial charge in [-0.3, -0.25) is 9.59 Å². The first-order valence-corrected chi connectivity index (χ1v) is 7.83. The molecule has 3 rings (SSSR count). The van der Waals surface area contributed by atoms with Gasteiger partial charge in [0.1, 0.15) is 5.82 Å². The van der Waals surface area contributed by atoms with Crippen molar-refractivity contribution in [3.8, 4) is 0 Å². The van der Waals surface area contributed by atoms with Crippen molar-refractivity contribution in [2.45, 2.75) is 25.2 Å². The Balaban J connectivity index is 1.90. The molecule has 0 radical (unpaired) electrons. The van der Waals surface area contributed by atoms with E-state index in [1.165, 1.54) is 11.1 Å². The summed E-state index contributed by atoms with van der Waals surface area (Å²) >= 11 is 0. The van der Waals surface area contributed by atoms with Crippen LogP contribution in [0.1, 0.15) is 23.6 Å². The lowest BCUT2D eigenvalue weighted by Crippen LogP contribution is -2.24. The Morgan fingerprint density at radius 2 is 2.12 bits per heavy atom. The molecule has 6 nitrogen and oxygen atoms in total. The lowest BCUT2D eigenvalue weighted by atomic mass is 9.80. The van der Waals surface area contributed by atoms with Crippen LogP contribution in [0.25, 0.3) is 0 Å². The van der Waals surface area contributed by atoms with E-state index in [2.05, 4.69) is 22.5 Å². The van der Waals surface area contributed by atoms with E-state index in [0.29, 0.717) is 12.2 Å². The summed E-state index contributed by atoms with van der Waals surface area (Å²) in [6, 6.07) is 9.81. The molecule has 0 aliphatic heterocycles. The lowest BCUT2D eigenvalue weighted by Gasteiger charge is -2.26.